The van der Waals surface area contributed by atoms with Crippen LogP contribution in [0, 0.1) is 11.3 Å². The van der Waals surface area contributed by atoms with Crippen LogP contribution in [0.15, 0.2) is 6.20 Å². The van der Waals surface area contributed by atoms with Gasteiger partial charge in [0.15, 0.2) is 0 Å². The highest BCUT2D eigenvalue weighted by Gasteiger charge is 2.46. The Morgan fingerprint density at radius 2 is 2.09 bits per heavy atom. The molecular weight excluding hydrogens is 308 g/mol. The zero-order chi connectivity index (χ0) is 15.7. The predicted molar refractivity (Wildman–Crippen MR) is 91.6 cm³/mol. The van der Waals surface area contributed by atoms with E-state index in [1.165, 1.54) is 42.0 Å². The van der Waals surface area contributed by atoms with Gasteiger partial charge in [-0.2, -0.15) is 0 Å². The summed E-state index contributed by atoms with van der Waals surface area (Å²) in [5.74, 6) is 1.46. The molecule has 5 heteroatoms. The summed E-state index contributed by atoms with van der Waals surface area (Å²) in [7, 11) is 0. The van der Waals surface area contributed by atoms with Crippen molar-refractivity contribution < 1.29 is 9.84 Å². The van der Waals surface area contributed by atoms with Crippen molar-refractivity contribution in [1.29, 1.82) is 0 Å². The van der Waals surface area contributed by atoms with Crippen LogP contribution in [0.2, 0.25) is 0 Å². The van der Waals surface area contributed by atoms with Gasteiger partial charge in [-0.25, -0.2) is 4.98 Å². The van der Waals surface area contributed by atoms with Gasteiger partial charge in [-0.1, -0.05) is 6.42 Å². The average molecular weight is 337 g/mol. The van der Waals surface area contributed by atoms with Crippen molar-refractivity contribution in [3.63, 3.8) is 0 Å². The summed E-state index contributed by atoms with van der Waals surface area (Å²) in [5.41, 5.74) is 0.0148. The van der Waals surface area contributed by atoms with E-state index < -0.39 is 0 Å². The number of thiazole rings is 1. The summed E-state index contributed by atoms with van der Waals surface area (Å²) < 4.78 is 5.54. The molecule has 1 atom stereocenters. The van der Waals surface area contributed by atoms with Crippen molar-refractivity contribution >= 4 is 11.3 Å². The quantitative estimate of drug-likeness (QED) is 0.803. The SMILES string of the molecule is OCC1(C(NCc2cnc(C3CCC3)s2)C2CC2)CCOCC1. The minimum absolute atomic E-state index is 0.0148. The Bertz CT molecular complexity index is 519. The maximum Gasteiger partial charge on any atom is 0.0959 e. The highest BCUT2D eigenvalue weighted by Crippen LogP contribution is 2.45. The summed E-state index contributed by atoms with van der Waals surface area (Å²) in [5, 5.41) is 15.2. The van der Waals surface area contributed by atoms with Gasteiger partial charge in [0.05, 0.1) is 11.6 Å². The van der Waals surface area contributed by atoms with Crippen molar-refractivity contribution in [2.75, 3.05) is 19.8 Å². The topological polar surface area (TPSA) is 54.4 Å². The molecule has 128 valence electrons. The lowest BCUT2D eigenvalue weighted by atomic mass is 9.72. The van der Waals surface area contributed by atoms with Gasteiger partial charge < -0.3 is 15.2 Å². The second-order valence-corrected chi connectivity index (χ2v) is 8.77. The van der Waals surface area contributed by atoms with Crippen molar-refractivity contribution in [2.45, 2.75) is 63.5 Å². The normalized spacial score (nSPS) is 26.0. The first-order valence-corrected chi connectivity index (χ1v) is 9.99. The predicted octanol–water partition coefficient (Wildman–Crippen LogP) is 3.07. The van der Waals surface area contributed by atoms with E-state index in [1.54, 1.807) is 0 Å². The monoisotopic (exact) mass is 336 g/mol. The maximum atomic E-state index is 10.1. The van der Waals surface area contributed by atoms with Crippen molar-refractivity contribution in [1.82, 2.24) is 10.3 Å². The number of ether oxygens (including phenoxy) is 1. The summed E-state index contributed by atoms with van der Waals surface area (Å²) in [4.78, 5) is 5.98. The minimum atomic E-state index is 0.0148. The number of nitrogens with one attached hydrogen (secondary N) is 1. The number of rotatable bonds is 7. The van der Waals surface area contributed by atoms with E-state index in [-0.39, 0.29) is 12.0 Å². The van der Waals surface area contributed by atoms with Gasteiger partial charge in [0.2, 0.25) is 0 Å². The van der Waals surface area contributed by atoms with Gasteiger partial charge in [-0.05, 0) is 44.4 Å². The molecule has 0 aromatic carbocycles. The lowest BCUT2D eigenvalue weighted by Gasteiger charge is -2.43. The first-order valence-electron chi connectivity index (χ1n) is 9.17. The van der Waals surface area contributed by atoms with Gasteiger partial charge in [0.25, 0.3) is 0 Å². The molecule has 2 saturated carbocycles. The molecule has 1 aliphatic heterocycles. The van der Waals surface area contributed by atoms with Crippen LogP contribution in [-0.4, -0.2) is 36.0 Å². The summed E-state index contributed by atoms with van der Waals surface area (Å²) in [6, 6.07) is 0.422. The molecule has 1 aromatic rings. The van der Waals surface area contributed by atoms with Crippen molar-refractivity contribution in [3.8, 4) is 0 Å². The van der Waals surface area contributed by atoms with E-state index in [1.807, 2.05) is 11.3 Å². The lowest BCUT2D eigenvalue weighted by molar-refractivity contribution is -0.0422. The second kappa shape index (κ2) is 6.79. The fourth-order valence-electron chi connectivity index (χ4n) is 4.12. The molecule has 0 radical (unpaired) electrons. The zero-order valence-corrected chi connectivity index (χ0v) is 14.6. The fraction of sp³-hybridized carbons (Fsp3) is 0.833. The van der Waals surface area contributed by atoms with E-state index >= 15 is 0 Å². The second-order valence-electron chi connectivity index (χ2n) is 7.62. The van der Waals surface area contributed by atoms with Crippen LogP contribution in [0.4, 0.5) is 0 Å². The molecular formula is C18H28N2O2S. The first kappa shape index (κ1) is 16.0. The highest BCUT2D eigenvalue weighted by molar-refractivity contribution is 7.11. The van der Waals surface area contributed by atoms with Gasteiger partial charge >= 0.3 is 0 Å². The van der Waals surface area contributed by atoms with Gasteiger partial charge in [-0.3, -0.25) is 0 Å². The molecule has 4 rings (SSSR count). The van der Waals surface area contributed by atoms with Gasteiger partial charge in [-0.15, -0.1) is 11.3 Å². The number of aromatic nitrogens is 1. The molecule has 3 aliphatic rings. The third-order valence-electron chi connectivity index (χ3n) is 6.08. The molecule has 3 fully saturated rings. The van der Waals surface area contributed by atoms with E-state index in [0.29, 0.717) is 6.04 Å². The molecule has 1 unspecified atom stereocenters. The minimum Gasteiger partial charge on any atom is -0.396 e. The molecule has 4 nitrogen and oxygen atoms in total. The van der Waals surface area contributed by atoms with Crippen LogP contribution in [0.25, 0.3) is 0 Å². The van der Waals surface area contributed by atoms with E-state index in [9.17, 15) is 5.11 Å². The smallest absolute Gasteiger partial charge is 0.0959 e. The highest BCUT2D eigenvalue weighted by atomic mass is 32.1. The molecule has 1 aromatic heterocycles. The molecule has 2 N–H and O–H groups in total. The summed E-state index contributed by atoms with van der Waals surface area (Å²) in [6.45, 7) is 2.75. The Morgan fingerprint density at radius 1 is 1.30 bits per heavy atom. The van der Waals surface area contributed by atoms with Gasteiger partial charge in [0, 0.05) is 48.2 Å². The van der Waals surface area contributed by atoms with E-state index in [4.69, 9.17) is 4.74 Å². The average Bonchev–Trinajstić information content (AvgIpc) is 3.26. The van der Waals surface area contributed by atoms with Crippen LogP contribution >= 0.6 is 11.3 Å². The summed E-state index contributed by atoms with van der Waals surface area (Å²) >= 11 is 1.88. The zero-order valence-electron chi connectivity index (χ0n) is 13.8. The lowest BCUT2D eigenvalue weighted by Crippen LogP contribution is -2.51. The Hall–Kier alpha value is -0.490. The van der Waals surface area contributed by atoms with Crippen LogP contribution in [-0.2, 0) is 11.3 Å². The molecule has 2 aliphatic carbocycles. The van der Waals surface area contributed by atoms with Crippen molar-refractivity contribution in [3.05, 3.63) is 16.1 Å². The molecule has 1 saturated heterocycles. The van der Waals surface area contributed by atoms with E-state index in [0.717, 1.165) is 44.4 Å². The molecule has 23 heavy (non-hydrogen) atoms. The third kappa shape index (κ3) is 3.34. The number of aliphatic hydroxyl groups is 1. The molecule has 0 spiro atoms. The largest absolute Gasteiger partial charge is 0.396 e. The van der Waals surface area contributed by atoms with E-state index in [2.05, 4.69) is 16.5 Å². The first-order chi connectivity index (χ1) is 11.3. The van der Waals surface area contributed by atoms with Gasteiger partial charge in [0.1, 0.15) is 0 Å². The Kier molecular flexibility index (Phi) is 4.72. The third-order valence-corrected chi connectivity index (χ3v) is 7.24. The van der Waals surface area contributed by atoms with Crippen LogP contribution < -0.4 is 5.32 Å². The maximum absolute atomic E-state index is 10.1. The van der Waals surface area contributed by atoms with Crippen LogP contribution in [0.5, 0.6) is 0 Å². The van der Waals surface area contributed by atoms with Crippen molar-refractivity contribution in [2.24, 2.45) is 11.3 Å². The van der Waals surface area contributed by atoms with Crippen LogP contribution in [0.1, 0.15) is 60.7 Å². The van der Waals surface area contributed by atoms with Crippen LogP contribution in [0.3, 0.4) is 0 Å². The summed E-state index contributed by atoms with van der Waals surface area (Å²) in [6.07, 6.45) is 10.6. The molecule has 0 bridgehead atoms. The molecule has 2 heterocycles. The Labute approximate surface area is 142 Å². The fourth-order valence-corrected chi connectivity index (χ4v) is 5.15. The number of aliphatic hydroxyl groups excluding tert-OH is 1. The number of hydrogen-bond donors (Lipinski definition) is 2. The Morgan fingerprint density at radius 3 is 2.70 bits per heavy atom. The number of nitrogens with zero attached hydrogens (tertiary/aromatic N) is 1. The number of hydrogen-bond acceptors (Lipinski definition) is 5. The molecule has 0 amide bonds. The standard InChI is InChI=1S/C18H28N2O2S/c21-12-18(6-8-22-9-7-18)16(13-4-5-13)19-10-15-11-20-17(23-15)14-2-1-3-14/h11,13-14,16,19,21H,1-10,12H2. The Balaban J connectivity index is 1.41.